The maximum Gasteiger partial charge on any atom is 0.291 e. The fourth-order valence-corrected chi connectivity index (χ4v) is 3.32. The van der Waals surface area contributed by atoms with E-state index in [-0.39, 0.29) is 11.7 Å². The van der Waals surface area contributed by atoms with Gasteiger partial charge in [-0.25, -0.2) is 0 Å². The second-order valence-electron chi connectivity index (χ2n) is 6.49. The van der Waals surface area contributed by atoms with Gasteiger partial charge >= 0.3 is 0 Å². The van der Waals surface area contributed by atoms with Gasteiger partial charge in [-0.15, -0.1) is 0 Å². The van der Waals surface area contributed by atoms with Crippen LogP contribution >= 0.6 is 11.6 Å². The Morgan fingerprint density at radius 3 is 2.72 bits per heavy atom. The third-order valence-corrected chi connectivity index (χ3v) is 4.81. The normalized spacial score (nSPS) is 10.8. The van der Waals surface area contributed by atoms with Crippen LogP contribution in [0, 0.1) is 0 Å². The van der Waals surface area contributed by atoms with Crippen LogP contribution in [0.25, 0.3) is 10.9 Å². The minimum atomic E-state index is -0.411. The lowest BCUT2D eigenvalue weighted by molar-refractivity contribution is 0.0955. The molecule has 4 rings (SSSR count). The number of halogens is 1. The van der Waals surface area contributed by atoms with E-state index >= 15 is 0 Å². The molecule has 0 aliphatic carbocycles. The SMILES string of the molecule is O=C(Nc1ccccc1C(=O)NCCc1c[nH]c2ccc(Cl)cc12)c1ccco1. The van der Waals surface area contributed by atoms with E-state index in [4.69, 9.17) is 16.0 Å². The molecule has 0 aliphatic rings. The van der Waals surface area contributed by atoms with E-state index in [9.17, 15) is 9.59 Å². The number of fused-ring (bicyclic) bond motifs is 1. The maximum atomic E-state index is 12.7. The van der Waals surface area contributed by atoms with Crippen molar-refractivity contribution in [1.29, 1.82) is 0 Å². The molecule has 0 atom stereocenters. The van der Waals surface area contributed by atoms with Crippen LogP contribution in [0.2, 0.25) is 5.02 Å². The maximum absolute atomic E-state index is 12.7. The van der Waals surface area contributed by atoms with Gasteiger partial charge in [-0.3, -0.25) is 9.59 Å². The summed E-state index contributed by atoms with van der Waals surface area (Å²) in [6, 6.07) is 15.7. The van der Waals surface area contributed by atoms with Crippen LogP contribution in [0.15, 0.2) is 71.5 Å². The van der Waals surface area contributed by atoms with Crippen molar-refractivity contribution in [3.8, 4) is 0 Å². The number of para-hydroxylation sites is 1. The third kappa shape index (κ3) is 4.17. The van der Waals surface area contributed by atoms with Crippen LogP contribution in [0.4, 0.5) is 5.69 Å². The monoisotopic (exact) mass is 407 g/mol. The van der Waals surface area contributed by atoms with E-state index in [1.807, 2.05) is 24.4 Å². The first-order valence-electron chi connectivity index (χ1n) is 9.09. The second kappa shape index (κ2) is 8.24. The Morgan fingerprint density at radius 2 is 1.90 bits per heavy atom. The van der Waals surface area contributed by atoms with Crippen LogP contribution in [0.1, 0.15) is 26.5 Å². The summed E-state index contributed by atoms with van der Waals surface area (Å²) in [5.74, 6) is -0.498. The molecule has 0 bridgehead atoms. The fraction of sp³-hybridized carbons (Fsp3) is 0.0909. The Bertz CT molecular complexity index is 1170. The van der Waals surface area contributed by atoms with Crippen molar-refractivity contribution in [2.24, 2.45) is 0 Å². The molecular weight excluding hydrogens is 390 g/mol. The van der Waals surface area contributed by atoms with Gasteiger partial charge in [0.1, 0.15) is 0 Å². The van der Waals surface area contributed by atoms with Gasteiger partial charge < -0.3 is 20.0 Å². The predicted molar refractivity (Wildman–Crippen MR) is 112 cm³/mol. The zero-order valence-corrected chi connectivity index (χ0v) is 16.1. The van der Waals surface area contributed by atoms with Crippen molar-refractivity contribution in [3.05, 3.63) is 89.0 Å². The molecule has 0 unspecified atom stereocenters. The number of aromatic nitrogens is 1. The quantitative estimate of drug-likeness (QED) is 0.435. The lowest BCUT2D eigenvalue weighted by atomic mass is 10.1. The number of rotatable bonds is 6. The number of carbonyl (C=O) groups is 2. The van der Waals surface area contributed by atoms with Crippen LogP contribution in [-0.4, -0.2) is 23.3 Å². The third-order valence-electron chi connectivity index (χ3n) is 4.57. The predicted octanol–water partition coefficient (Wildman–Crippen LogP) is 4.64. The van der Waals surface area contributed by atoms with Crippen molar-refractivity contribution in [3.63, 3.8) is 0 Å². The number of nitrogens with one attached hydrogen (secondary N) is 3. The Balaban J connectivity index is 1.42. The van der Waals surface area contributed by atoms with E-state index in [1.54, 1.807) is 36.4 Å². The molecule has 0 saturated heterocycles. The smallest absolute Gasteiger partial charge is 0.291 e. The van der Waals surface area contributed by atoms with E-state index in [0.717, 1.165) is 16.5 Å². The molecule has 2 amide bonds. The van der Waals surface area contributed by atoms with Gasteiger partial charge in [0.25, 0.3) is 11.8 Å². The largest absolute Gasteiger partial charge is 0.459 e. The van der Waals surface area contributed by atoms with Gasteiger partial charge in [0, 0.05) is 28.7 Å². The summed E-state index contributed by atoms with van der Waals surface area (Å²) in [5.41, 5.74) is 2.88. The zero-order chi connectivity index (χ0) is 20.2. The highest BCUT2D eigenvalue weighted by Gasteiger charge is 2.15. The minimum absolute atomic E-state index is 0.179. The van der Waals surface area contributed by atoms with Crippen LogP contribution in [-0.2, 0) is 6.42 Å². The molecule has 0 saturated carbocycles. The molecule has 2 aromatic carbocycles. The molecule has 2 heterocycles. The number of amides is 2. The van der Waals surface area contributed by atoms with Crippen molar-refractivity contribution in [2.45, 2.75) is 6.42 Å². The van der Waals surface area contributed by atoms with E-state index in [0.29, 0.717) is 29.2 Å². The topological polar surface area (TPSA) is 87.1 Å². The first-order valence-corrected chi connectivity index (χ1v) is 9.47. The summed E-state index contributed by atoms with van der Waals surface area (Å²) >= 11 is 6.08. The standard InChI is InChI=1S/C22H18ClN3O3/c23-15-7-8-18-17(12-15)14(13-25-18)9-10-24-21(27)16-4-1-2-5-19(16)26-22(28)20-6-3-11-29-20/h1-8,11-13,25H,9-10H2,(H,24,27)(H,26,28). The number of benzene rings is 2. The molecule has 146 valence electrons. The molecule has 0 fully saturated rings. The summed E-state index contributed by atoms with van der Waals surface area (Å²) < 4.78 is 5.09. The van der Waals surface area contributed by atoms with Gasteiger partial charge in [-0.1, -0.05) is 23.7 Å². The fourth-order valence-electron chi connectivity index (χ4n) is 3.15. The van der Waals surface area contributed by atoms with Crippen molar-refractivity contribution >= 4 is 40.0 Å². The van der Waals surface area contributed by atoms with Gasteiger partial charge in [0.05, 0.1) is 17.5 Å². The molecule has 4 aromatic rings. The molecule has 29 heavy (non-hydrogen) atoms. The van der Waals surface area contributed by atoms with Gasteiger partial charge in [-0.2, -0.15) is 0 Å². The van der Waals surface area contributed by atoms with E-state index < -0.39 is 5.91 Å². The average molecular weight is 408 g/mol. The lowest BCUT2D eigenvalue weighted by Crippen LogP contribution is -2.27. The highest BCUT2D eigenvalue weighted by Crippen LogP contribution is 2.22. The average Bonchev–Trinajstić information content (AvgIpc) is 3.39. The Hall–Kier alpha value is -3.51. The van der Waals surface area contributed by atoms with Gasteiger partial charge in [-0.05, 0) is 54.4 Å². The van der Waals surface area contributed by atoms with E-state index in [1.165, 1.54) is 6.26 Å². The van der Waals surface area contributed by atoms with Gasteiger partial charge in [0.15, 0.2) is 5.76 Å². The number of hydrogen-bond acceptors (Lipinski definition) is 3. The molecule has 0 aliphatic heterocycles. The Kier molecular flexibility index (Phi) is 5.35. The summed E-state index contributed by atoms with van der Waals surface area (Å²) in [4.78, 5) is 28.1. The Labute approximate surface area is 171 Å². The first-order chi connectivity index (χ1) is 14.1. The Morgan fingerprint density at radius 1 is 1.03 bits per heavy atom. The molecule has 0 spiro atoms. The van der Waals surface area contributed by atoms with Gasteiger partial charge in [0.2, 0.25) is 0 Å². The summed E-state index contributed by atoms with van der Waals surface area (Å²) in [7, 11) is 0. The van der Waals surface area contributed by atoms with Crippen molar-refractivity contribution in [1.82, 2.24) is 10.3 Å². The van der Waals surface area contributed by atoms with Crippen LogP contribution in [0.5, 0.6) is 0 Å². The highest BCUT2D eigenvalue weighted by atomic mass is 35.5. The number of hydrogen-bond donors (Lipinski definition) is 3. The summed E-state index contributed by atoms with van der Waals surface area (Å²) in [6.45, 7) is 0.443. The number of carbonyl (C=O) groups excluding carboxylic acids is 2. The highest BCUT2D eigenvalue weighted by molar-refractivity contribution is 6.31. The number of furan rings is 1. The molecule has 6 nitrogen and oxygen atoms in total. The molecule has 7 heteroatoms. The van der Waals surface area contributed by atoms with E-state index in [2.05, 4.69) is 15.6 Å². The minimum Gasteiger partial charge on any atom is -0.459 e. The lowest BCUT2D eigenvalue weighted by Gasteiger charge is -2.11. The molecule has 3 N–H and O–H groups in total. The number of aromatic amines is 1. The second-order valence-corrected chi connectivity index (χ2v) is 6.92. The number of H-pyrrole nitrogens is 1. The van der Waals surface area contributed by atoms with Crippen molar-refractivity contribution in [2.75, 3.05) is 11.9 Å². The summed E-state index contributed by atoms with van der Waals surface area (Å²) in [6.07, 6.45) is 3.99. The molecular formula is C22H18ClN3O3. The summed E-state index contributed by atoms with van der Waals surface area (Å²) in [5, 5.41) is 7.33. The van der Waals surface area contributed by atoms with Crippen molar-refractivity contribution < 1.29 is 14.0 Å². The first kappa shape index (κ1) is 18.8. The zero-order valence-electron chi connectivity index (χ0n) is 15.4. The van der Waals surface area contributed by atoms with Crippen LogP contribution < -0.4 is 10.6 Å². The van der Waals surface area contributed by atoms with Crippen LogP contribution in [0.3, 0.4) is 0 Å². The molecule has 0 radical (unpaired) electrons. The molecule has 2 aromatic heterocycles. The number of anilines is 1.